The average molecular weight is 251 g/mol. The Balaban J connectivity index is 2.08. The van der Waals surface area contributed by atoms with Crippen molar-refractivity contribution in [1.29, 1.82) is 0 Å². The van der Waals surface area contributed by atoms with Gasteiger partial charge in [-0.2, -0.15) is 5.10 Å². The third-order valence-electron chi connectivity index (χ3n) is 3.16. The molecule has 2 rings (SSSR count). The number of aromatic nitrogens is 2. The second kappa shape index (κ2) is 4.80. The molecular weight excluding hydrogens is 234 g/mol. The first-order valence-corrected chi connectivity index (χ1v) is 6.10. The summed E-state index contributed by atoms with van der Waals surface area (Å²) in [5, 5.41) is 15.5. The third-order valence-corrected chi connectivity index (χ3v) is 3.16. The minimum atomic E-state index is -1.02. The van der Waals surface area contributed by atoms with Crippen molar-refractivity contribution in [3.05, 3.63) is 17.5 Å². The van der Waals surface area contributed by atoms with Gasteiger partial charge in [-0.05, 0) is 25.3 Å². The molecule has 0 bridgehead atoms. The van der Waals surface area contributed by atoms with Gasteiger partial charge >= 0.3 is 5.97 Å². The molecule has 0 unspecified atom stereocenters. The third kappa shape index (κ3) is 2.52. The van der Waals surface area contributed by atoms with E-state index in [1.54, 1.807) is 24.7 Å². The van der Waals surface area contributed by atoms with Crippen LogP contribution in [0.3, 0.4) is 0 Å². The summed E-state index contributed by atoms with van der Waals surface area (Å²) in [5.41, 5.74) is 1.34. The Kier molecular flexibility index (Phi) is 3.36. The van der Waals surface area contributed by atoms with Crippen molar-refractivity contribution in [3.63, 3.8) is 0 Å². The Hall–Kier alpha value is -1.85. The maximum Gasteiger partial charge on any atom is 0.326 e. The number of aliphatic carboxylic acids is 1. The van der Waals surface area contributed by atoms with Gasteiger partial charge < -0.3 is 10.4 Å². The molecule has 2 N–H and O–H groups in total. The number of nitrogens with one attached hydrogen (secondary N) is 1. The molecule has 0 saturated heterocycles. The highest BCUT2D eigenvalue weighted by molar-refractivity contribution is 5.95. The number of carboxylic acid groups (broad SMARTS) is 1. The summed E-state index contributed by atoms with van der Waals surface area (Å²) in [4.78, 5) is 22.7. The standard InChI is InChI=1S/C12H17N3O3/c1-3-8(12(17)18)13-11(16)9-6-10(7-4-5-7)15(2)14-9/h6-8H,3-5H2,1-2H3,(H,13,16)(H,17,18)/t8-/m0/s1. The number of rotatable bonds is 5. The van der Waals surface area contributed by atoms with Gasteiger partial charge in [0.05, 0.1) is 0 Å². The number of hydrogen-bond donors (Lipinski definition) is 2. The summed E-state index contributed by atoms with van der Waals surface area (Å²) in [6.07, 6.45) is 2.62. The van der Waals surface area contributed by atoms with Crippen LogP contribution in [0.1, 0.15) is 48.3 Å². The van der Waals surface area contributed by atoms with E-state index >= 15 is 0 Å². The van der Waals surface area contributed by atoms with Crippen molar-refractivity contribution in [2.45, 2.75) is 38.1 Å². The van der Waals surface area contributed by atoms with E-state index in [1.807, 2.05) is 0 Å². The maximum atomic E-state index is 11.9. The van der Waals surface area contributed by atoms with Crippen LogP contribution in [0.2, 0.25) is 0 Å². The predicted octanol–water partition coefficient (Wildman–Crippen LogP) is 0.891. The SMILES string of the molecule is CC[C@H](NC(=O)c1cc(C2CC2)n(C)n1)C(=O)O. The van der Waals surface area contributed by atoms with Crippen LogP contribution < -0.4 is 5.32 Å². The molecule has 0 spiro atoms. The zero-order chi connectivity index (χ0) is 13.3. The van der Waals surface area contributed by atoms with Gasteiger partial charge in [-0.15, -0.1) is 0 Å². The molecule has 1 heterocycles. The molecule has 1 aromatic rings. The Morgan fingerprint density at radius 3 is 2.78 bits per heavy atom. The zero-order valence-electron chi connectivity index (χ0n) is 10.5. The Labute approximate surface area is 105 Å². The van der Waals surface area contributed by atoms with Crippen molar-refractivity contribution >= 4 is 11.9 Å². The number of carbonyl (C=O) groups excluding carboxylic acids is 1. The number of carboxylic acids is 1. The number of carbonyl (C=O) groups is 2. The quantitative estimate of drug-likeness (QED) is 0.814. The fourth-order valence-corrected chi connectivity index (χ4v) is 1.92. The molecule has 1 fully saturated rings. The largest absolute Gasteiger partial charge is 0.480 e. The number of nitrogens with zero attached hydrogens (tertiary/aromatic N) is 2. The van der Waals surface area contributed by atoms with Crippen LogP contribution in [-0.4, -0.2) is 32.8 Å². The topological polar surface area (TPSA) is 84.2 Å². The number of amides is 1. The highest BCUT2D eigenvalue weighted by Gasteiger charge is 2.29. The van der Waals surface area contributed by atoms with Crippen LogP contribution in [0.15, 0.2) is 6.07 Å². The van der Waals surface area contributed by atoms with Crippen molar-refractivity contribution in [1.82, 2.24) is 15.1 Å². The minimum Gasteiger partial charge on any atom is -0.480 e. The molecule has 0 radical (unpaired) electrons. The summed E-state index contributed by atoms with van der Waals surface area (Å²) in [6.45, 7) is 1.72. The predicted molar refractivity (Wildman–Crippen MR) is 64.4 cm³/mol. The molecule has 0 aromatic carbocycles. The van der Waals surface area contributed by atoms with Crippen LogP contribution >= 0.6 is 0 Å². The first-order chi connectivity index (χ1) is 8.52. The molecule has 1 aromatic heterocycles. The van der Waals surface area contributed by atoms with E-state index in [-0.39, 0.29) is 0 Å². The van der Waals surface area contributed by atoms with Gasteiger partial charge in [-0.3, -0.25) is 9.48 Å². The molecule has 1 atom stereocenters. The summed E-state index contributed by atoms with van der Waals surface area (Å²) in [7, 11) is 1.80. The summed E-state index contributed by atoms with van der Waals surface area (Å²) < 4.78 is 1.70. The summed E-state index contributed by atoms with van der Waals surface area (Å²) >= 11 is 0. The Morgan fingerprint density at radius 1 is 1.61 bits per heavy atom. The van der Waals surface area contributed by atoms with Gasteiger partial charge in [0.2, 0.25) is 0 Å². The van der Waals surface area contributed by atoms with E-state index in [0.29, 0.717) is 18.0 Å². The molecule has 98 valence electrons. The molecule has 0 aliphatic heterocycles. The van der Waals surface area contributed by atoms with Crippen molar-refractivity contribution in [3.8, 4) is 0 Å². The van der Waals surface area contributed by atoms with Crippen molar-refractivity contribution in [2.75, 3.05) is 0 Å². The molecule has 1 aliphatic carbocycles. The maximum absolute atomic E-state index is 11.9. The Morgan fingerprint density at radius 2 is 2.28 bits per heavy atom. The molecule has 6 nitrogen and oxygen atoms in total. The van der Waals surface area contributed by atoms with Gasteiger partial charge in [-0.25, -0.2) is 4.79 Å². The van der Waals surface area contributed by atoms with Gasteiger partial charge in [0.25, 0.3) is 5.91 Å². The van der Waals surface area contributed by atoms with Gasteiger partial charge in [-0.1, -0.05) is 6.92 Å². The number of hydrogen-bond acceptors (Lipinski definition) is 3. The van der Waals surface area contributed by atoms with Gasteiger partial charge in [0.1, 0.15) is 11.7 Å². The fraction of sp³-hybridized carbons (Fsp3) is 0.583. The lowest BCUT2D eigenvalue weighted by atomic mass is 10.2. The molecule has 1 aliphatic rings. The minimum absolute atomic E-state index is 0.291. The summed E-state index contributed by atoms with van der Waals surface area (Å²) in [6, 6.07) is 0.894. The first-order valence-electron chi connectivity index (χ1n) is 6.10. The van der Waals surface area contributed by atoms with Gasteiger partial charge in [0, 0.05) is 18.7 Å². The monoisotopic (exact) mass is 251 g/mol. The van der Waals surface area contributed by atoms with Crippen molar-refractivity contribution < 1.29 is 14.7 Å². The van der Waals surface area contributed by atoms with E-state index in [0.717, 1.165) is 18.5 Å². The van der Waals surface area contributed by atoms with E-state index < -0.39 is 17.9 Å². The fourth-order valence-electron chi connectivity index (χ4n) is 1.92. The van der Waals surface area contributed by atoms with Crippen LogP contribution in [0, 0.1) is 0 Å². The van der Waals surface area contributed by atoms with E-state index in [2.05, 4.69) is 10.4 Å². The normalized spacial score (nSPS) is 16.3. The zero-order valence-corrected chi connectivity index (χ0v) is 10.5. The Bertz CT molecular complexity index is 477. The second-order valence-corrected chi connectivity index (χ2v) is 4.62. The molecule has 1 amide bonds. The first kappa shape index (κ1) is 12.6. The van der Waals surface area contributed by atoms with Gasteiger partial charge in [0.15, 0.2) is 0 Å². The molecule has 18 heavy (non-hydrogen) atoms. The molecule has 1 saturated carbocycles. The van der Waals surface area contributed by atoms with E-state index in [1.165, 1.54) is 0 Å². The molecular formula is C12H17N3O3. The van der Waals surface area contributed by atoms with Crippen LogP contribution in [0.25, 0.3) is 0 Å². The highest BCUT2D eigenvalue weighted by Crippen LogP contribution is 2.39. The highest BCUT2D eigenvalue weighted by atomic mass is 16.4. The van der Waals surface area contributed by atoms with Crippen LogP contribution in [-0.2, 0) is 11.8 Å². The average Bonchev–Trinajstić information content (AvgIpc) is 3.08. The molecule has 6 heteroatoms. The lowest BCUT2D eigenvalue weighted by Crippen LogP contribution is -2.40. The lowest BCUT2D eigenvalue weighted by molar-refractivity contribution is -0.139. The second-order valence-electron chi connectivity index (χ2n) is 4.62. The smallest absolute Gasteiger partial charge is 0.326 e. The number of aryl methyl sites for hydroxylation is 1. The van der Waals surface area contributed by atoms with Crippen LogP contribution in [0.4, 0.5) is 0 Å². The lowest BCUT2D eigenvalue weighted by Gasteiger charge is -2.10. The van der Waals surface area contributed by atoms with E-state index in [4.69, 9.17) is 5.11 Å². The van der Waals surface area contributed by atoms with E-state index in [9.17, 15) is 9.59 Å². The van der Waals surface area contributed by atoms with Crippen LogP contribution in [0.5, 0.6) is 0 Å². The van der Waals surface area contributed by atoms with Crippen molar-refractivity contribution in [2.24, 2.45) is 7.05 Å². The summed E-state index contributed by atoms with van der Waals surface area (Å²) in [5.74, 6) is -0.943.